The second-order valence-electron chi connectivity index (χ2n) is 8.20. The van der Waals surface area contributed by atoms with Gasteiger partial charge in [0.2, 0.25) is 0 Å². The van der Waals surface area contributed by atoms with E-state index in [2.05, 4.69) is 69.0 Å². The van der Waals surface area contributed by atoms with Crippen LogP contribution in [0.1, 0.15) is 5.56 Å². The summed E-state index contributed by atoms with van der Waals surface area (Å²) < 4.78 is 5.37. The Morgan fingerprint density at radius 2 is 1.21 bits per heavy atom. The molecular weight excluding hydrogens is 360 g/mol. The third-order valence-electron chi connectivity index (χ3n) is 6.26. The van der Waals surface area contributed by atoms with Crippen molar-refractivity contribution in [1.29, 1.82) is 0 Å². The average molecular weight is 395 g/mol. The molecule has 5 heteroatoms. The molecule has 2 heterocycles. The number of piperazine rings is 2. The summed E-state index contributed by atoms with van der Waals surface area (Å²) in [6, 6.07) is 17.3. The fourth-order valence-corrected chi connectivity index (χ4v) is 4.37. The molecule has 2 aliphatic heterocycles. The Morgan fingerprint density at radius 1 is 0.690 bits per heavy atom. The van der Waals surface area contributed by atoms with Gasteiger partial charge in [0, 0.05) is 82.9 Å². The highest BCUT2D eigenvalue weighted by Gasteiger charge is 2.20. The van der Waals surface area contributed by atoms with Gasteiger partial charge in [-0.2, -0.15) is 0 Å². The lowest BCUT2D eigenvalue weighted by molar-refractivity contribution is 0.190. The maximum atomic E-state index is 5.37. The van der Waals surface area contributed by atoms with E-state index in [9.17, 15) is 0 Å². The van der Waals surface area contributed by atoms with Crippen LogP contribution in [-0.2, 0) is 0 Å². The van der Waals surface area contributed by atoms with Crippen LogP contribution < -0.4 is 14.5 Å². The highest BCUT2D eigenvalue weighted by Crippen LogP contribution is 2.22. The van der Waals surface area contributed by atoms with Crippen LogP contribution >= 0.6 is 0 Å². The van der Waals surface area contributed by atoms with Gasteiger partial charge in [-0.05, 0) is 36.8 Å². The summed E-state index contributed by atoms with van der Waals surface area (Å²) in [4.78, 5) is 10.2. The third-order valence-corrected chi connectivity index (χ3v) is 6.26. The molecule has 0 saturated carbocycles. The molecule has 156 valence electrons. The lowest BCUT2D eigenvalue weighted by Crippen LogP contribution is -2.51. The minimum Gasteiger partial charge on any atom is -0.497 e. The van der Waals surface area contributed by atoms with Crippen molar-refractivity contribution in [2.75, 3.05) is 82.4 Å². The Morgan fingerprint density at radius 3 is 1.72 bits per heavy atom. The lowest BCUT2D eigenvalue weighted by atomic mass is 10.2. The van der Waals surface area contributed by atoms with Crippen LogP contribution in [-0.4, -0.2) is 82.4 Å². The number of methoxy groups -OCH3 is 1. The van der Waals surface area contributed by atoms with Crippen molar-refractivity contribution in [2.45, 2.75) is 6.92 Å². The van der Waals surface area contributed by atoms with Crippen LogP contribution in [0.25, 0.3) is 0 Å². The van der Waals surface area contributed by atoms with Gasteiger partial charge in [0.25, 0.3) is 0 Å². The maximum absolute atomic E-state index is 5.37. The van der Waals surface area contributed by atoms with Gasteiger partial charge in [0.15, 0.2) is 0 Å². The van der Waals surface area contributed by atoms with E-state index in [1.165, 1.54) is 30.0 Å². The second kappa shape index (κ2) is 9.51. The molecule has 4 rings (SSSR count). The van der Waals surface area contributed by atoms with E-state index in [1.54, 1.807) is 7.11 Å². The molecule has 5 nitrogen and oxygen atoms in total. The van der Waals surface area contributed by atoms with Crippen molar-refractivity contribution in [3.63, 3.8) is 0 Å². The molecule has 29 heavy (non-hydrogen) atoms. The average Bonchev–Trinajstić information content (AvgIpc) is 2.78. The molecule has 2 fully saturated rings. The number of hydrogen-bond donors (Lipinski definition) is 0. The highest BCUT2D eigenvalue weighted by atomic mass is 16.5. The van der Waals surface area contributed by atoms with Gasteiger partial charge in [0.1, 0.15) is 5.75 Å². The van der Waals surface area contributed by atoms with Crippen molar-refractivity contribution in [1.82, 2.24) is 9.80 Å². The zero-order valence-electron chi connectivity index (χ0n) is 17.9. The fraction of sp³-hybridized carbons (Fsp3) is 0.500. The zero-order valence-corrected chi connectivity index (χ0v) is 17.9. The fourth-order valence-electron chi connectivity index (χ4n) is 4.37. The van der Waals surface area contributed by atoms with Gasteiger partial charge in [0.05, 0.1) is 7.11 Å². The minimum atomic E-state index is 0.940. The summed E-state index contributed by atoms with van der Waals surface area (Å²) in [6.45, 7) is 13.6. The molecule has 0 aliphatic carbocycles. The molecule has 0 spiro atoms. The molecule has 0 aromatic heterocycles. The summed E-state index contributed by atoms with van der Waals surface area (Å²) in [7, 11) is 1.73. The number of aryl methyl sites for hydroxylation is 1. The van der Waals surface area contributed by atoms with Gasteiger partial charge in [-0.3, -0.25) is 9.80 Å². The third kappa shape index (κ3) is 5.22. The predicted octanol–water partition coefficient (Wildman–Crippen LogP) is 2.95. The van der Waals surface area contributed by atoms with Crippen LogP contribution in [0.4, 0.5) is 11.4 Å². The monoisotopic (exact) mass is 394 g/mol. The summed E-state index contributed by atoms with van der Waals surface area (Å²) >= 11 is 0. The van der Waals surface area contributed by atoms with Gasteiger partial charge in [-0.1, -0.05) is 18.2 Å². The standard InChI is InChI=1S/C24H34N4O/c1-21-5-3-6-22(19-21)27-15-11-25(12-16-27)9-10-26-13-17-28(18-14-26)23-7-4-8-24(20-23)29-2/h3-8,19-20H,9-18H2,1-2H3. The number of hydrogen-bond acceptors (Lipinski definition) is 5. The van der Waals surface area contributed by atoms with Crippen molar-refractivity contribution in [3.8, 4) is 5.75 Å². The van der Waals surface area contributed by atoms with E-state index >= 15 is 0 Å². The van der Waals surface area contributed by atoms with E-state index < -0.39 is 0 Å². The van der Waals surface area contributed by atoms with Crippen molar-refractivity contribution in [2.24, 2.45) is 0 Å². The summed E-state index contributed by atoms with van der Waals surface area (Å²) in [5.74, 6) is 0.940. The first-order valence-electron chi connectivity index (χ1n) is 10.9. The number of benzene rings is 2. The van der Waals surface area contributed by atoms with Crippen molar-refractivity contribution in [3.05, 3.63) is 54.1 Å². The number of ether oxygens (including phenoxy) is 1. The van der Waals surface area contributed by atoms with E-state index in [0.717, 1.165) is 58.1 Å². The summed E-state index contributed by atoms with van der Waals surface area (Å²) in [6.07, 6.45) is 0. The lowest BCUT2D eigenvalue weighted by Gasteiger charge is -2.39. The van der Waals surface area contributed by atoms with Crippen LogP contribution in [0, 0.1) is 6.92 Å². The molecule has 0 N–H and O–H groups in total. The van der Waals surface area contributed by atoms with E-state index in [0.29, 0.717) is 0 Å². The van der Waals surface area contributed by atoms with Gasteiger partial charge < -0.3 is 14.5 Å². The molecule has 0 radical (unpaired) electrons. The van der Waals surface area contributed by atoms with E-state index in [1.807, 2.05) is 6.07 Å². The molecule has 0 bridgehead atoms. The molecule has 2 aromatic carbocycles. The predicted molar refractivity (Wildman–Crippen MR) is 121 cm³/mol. The molecule has 2 aromatic rings. The van der Waals surface area contributed by atoms with Crippen LogP contribution in [0.15, 0.2) is 48.5 Å². The Hall–Kier alpha value is -2.24. The quantitative estimate of drug-likeness (QED) is 0.749. The number of rotatable bonds is 6. The normalized spacial score (nSPS) is 18.8. The minimum absolute atomic E-state index is 0.940. The maximum Gasteiger partial charge on any atom is 0.120 e. The Kier molecular flexibility index (Phi) is 6.57. The van der Waals surface area contributed by atoms with Crippen molar-refractivity contribution >= 4 is 11.4 Å². The number of anilines is 2. The van der Waals surface area contributed by atoms with E-state index in [4.69, 9.17) is 4.74 Å². The number of nitrogens with zero attached hydrogens (tertiary/aromatic N) is 4. The van der Waals surface area contributed by atoms with Crippen LogP contribution in [0.3, 0.4) is 0 Å². The zero-order chi connectivity index (χ0) is 20.1. The SMILES string of the molecule is COc1cccc(N2CCN(CCN3CCN(c4cccc(C)c4)CC3)CC2)c1. The first kappa shape index (κ1) is 20.0. The highest BCUT2D eigenvalue weighted by molar-refractivity contribution is 5.51. The molecule has 2 saturated heterocycles. The van der Waals surface area contributed by atoms with Gasteiger partial charge >= 0.3 is 0 Å². The molecule has 0 unspecified atom stereocenters. The Bertz CT molecular complexity index is 780. The summed E-state index contributed by atoms with van der Waals surface area (Å²) in [5, 5.41) is 0. The Labute approximate surface area is 175 Å². The largest absolute Gasteiger partial charge is 0.497 e. The molecule has 0 atom stereocenters. The van der Waals surface area contributed by atoms with Crippen LogP contribution in [0.5, 0.6) is 5.75 Å². The van der Waals surface area contributed by atoms with Gasteiger partial charge in [-0.15, -0.1) is 0 Å². The first-order chi connectivity index (χ1) is 14.2. The summed E-state index contributed by atoms with van der Waals surface area (Å²) in [5.41, 5.74) is 3.99. The molecular formula is C24H34N4O. The van der Waals surface area contributed by atoms with Crippen LogP contribution in [0.2, 0.25) is 0 Å². The van der Waals surface area contributed by atoms with E-state index in [-0.39, 0.29) is 0 Å². The molecule has 0 amide bonds. The second-order valence-corrected chi connectivity index (χ2v) is 8.20. The van der Waals surface area contributed by atoms with Crippen molar-refractivity contribution < 1.29 is 4.74 Å². The first-order valence-corrected chi connectivity index (χ1v) is 10.9. The van der Waals surface area contributed by atoms with Gasteiger partial charge in [-0.25, -0.2) is 0 Å². The topological polar surface area (TPSA) is 22.2 Å². The smallest absolute Gasteiger partial charge is 0.120 e. The molecule has 2 aliphatic rings. The Balaban J connectivity index is 1.18.